The molecule has 0 radical (unpaired) electrons. The zero-order valence-electron chi connectivity index (χ0n) is 59.2. The second kappa shape index (κ2) is 49.3. The van der Waals surface area contributed by atoms with Crippen molar-refractivity contribution in [3.05, 3.63) is 0 Å². The molecular formula is C66H103N11O25S. The summed E-state index contributed by atoms with van der Waals surface area (Å²) in [5, 5.41) is 64.5. The molecule has 0 bridgehead atoms. The standard InChI is InChI=1S/C66H103N11O25S/c1-36(2)28-46(50(81)18-19-54(85)73-47(35-103-6)51(82)29-37(3)61(97)71-33-42(79)30-39(62(98)69-5)10-7-25-70-66(67)68)76-65(101)48-11-8-26-77(48)55(86)34-102-27-9-12-49(80)43(15-22-58(91)92)74-63(99)41(14-21-57(89)90)32-53(84)45(17-24-60(95)96)75-64(100)40(13-20-56(87)88)31-52(83)44(72-38(4)78)16-23-59(93)94/h36-37,39-41,43-48H,7-35H2,1-6H3,(H,69,98)(H,71,97)(H,72,78)(H,73,85)(H,74,99)(H,75,100)(H,76,101)(H,87,88)(H,89,90)(H,91,92)(H,93,94)(H,95,96)(H4,67,68,70)/t37-,39+,40+,41+,43-,44-,45-,46+,47+,48+/m1/s1. The number of nitrogens with two attached hydrogens (primary N) is 2. The molecule has 103 heavy (non-hydrogen) atoms. The summed E-state index contributed by atoms with van der Waals surface area (Å²) in [6.07, 6.45) is -6.31. The SMILES string of the molecule is CNC(=O)[C@@H](CCCN=C(N)N)CC(=O)CNC(=O)[C@H](C)CC(=O)[C@H](CSC)NC(=O)CCC(=O)[C@H](CC(C)C)NC(=O)[C@@H]1CCCN1C(=O)COCCCC(=O)[C@@H](CCC(=O)O)NC(=O)[C@@H](CCC(=O)O)CC(=O)[C@@H](CCC(=O)O)NC(=O)[C@@H](CCC(=O)O)CC(=O)[C@@H](CCC(=O)O)NC(C)=O. The van der Waals surface area contributed by atoms with Gasteiger partial charge < -0.3 is 83.9 Å². The van der Waals surface area contributed by atoms with Crippen LogP contribution in [0.3, 0.4) is 0 Å². The highest BCUT2D eigenvalue weighted by atomic mass is 32.2. The number of carbonyl (C=O) groups is 19. The highest BCUT2D eigenvalue weighted by Gasteiger charge is 2.38. The van der Waals surface area contributed by atoms with Gasteiger partial charge in [0.05, 0.1) is 36.8 Å². The van der Waals surface area contributed by atoms with E-state index in [0.717, 1.165) is 6.92 Å². The monoisotopic (exact) mass is 1480 g/mol. The molecule has 0 aromatic carbocycles. The van der Waals surface area contributed by atoms with Gasteiger partial charge in [-0.3, -0.25) is 96.1 Å². The molecule has 0 saturated carbocycles. The third-order valence-corrected chi connectivity index (χ3v) is 17.2. The predicted molar refractivity (Wildman–Crippen MR) is 367 cm³/mol. The third-order valence-electron chi connectivity index (χ3n) is 16.6. The van der Waals surface area contributed by atoms with Gasteiger partial charge in [0.25, 0.3) is 0 Å². The van der Waals surface area contributed by atoms with Gasteiger partial charge in [0.2, 0.25) is 47.3 Å². The number of likely N-dealkylation sites (tertiary alicyclic amines) is 1. The Labute approximate surface area is 600 Å². The van der Waals surface area contributed by atoms with E-state index in [4.69, 9.17) is 21.3 Å². The van der Waals surface area contributed by atoms with E-state index in [2.05, 4.69) is 42.2 Å². The molecule has 0 aromatic rings. The Morgan fingerprint density at radius 2 is 1.02 bits per heavy atom. The largest absolute Gasteiger partial charge is 0.481 e. The molecule has 16 N–H and O–H groups in total. The maximum atomic E-state index is 14.0. The van der Waals surface area contributed by atoms with Gasteiger partial charge in [0, 0.05) is 140 Å². The quantitative estimate of drug-likeness (QED) is 0.0199. The van der Waals surface area contributed by atoms with Gasteiger partial charge in [-0.1, -0.05) is 20.8 Å². The number of ether oxygens (including phenoxy) is 1. The fraction of sp³-hybridized carbons (Fsp3) is 0.697. The van der Waals surface area contributed by atoms with Crippen molar-refractivity contribution < 1.29 is 121 Å². The number of nitrogens with zero attached hydrogens (tertiary/aromatic N) is 2. The number of thioether (sulfide) groups is 1. The molecule has 0 spiro atoms. The van der Waals surface area contributed by atoms with E-state index in [9.17, 15) is 112 Å². The Hall–Kier alpha value is -9.29. The van der Waals surface area contributed by atoms with Crippen molar-refractivity contribution in [3.8, 4) is 0 Å². The van der Waals surface area contributed by atoms with Gasteiger partial charge in [0.15, 0.2) is 40.7 Å². The Morgan fingerprint density at radius 3 is 1.50 bits per heavy atom. The van der Waals surface area contributed by atoms with Crippen molar-refractivity contribution in [1.29, 1.82) is 0 Å². The second-order valence-electron chi connectivity index (χ2n) is 25.7. The molecule has 578 valence electrons. The van der Waals surface area contributed by atoms with E-state index >= 15 is 0 Å². The van der Waals surface area contributed by atoms with Crippen LogP contribution in [-0.2, 0) is 95.8 Å². The lowest BCUT2D eigenvalue weighted by molar-refractivity contribution is -0.142. The van der Waals surface area contributed by atoms with E-state index in [0.29, 0.717) is 19.3 Å². The van der Waals surface area contributed by atoms with Crippen LogP contribution in [0.4, 0.5) is 0 Å². The third kappa shape index (κ3) is 39.1. The molecule has 1 heterocycles. The number of Topliss-reactive ketones (excluding diaryl/α,β-unsaturated/α-hetero) is 6. The smallest absolute Gasteiger partial charge is 0.303 e. The molecule has 36 nitrogen and oxygen atoms in total. The Morgan fingerprint density at radius 1 is 0.534 bits per heavy atom. The summed E-state index contributed by atoms with van der Waals surface area (Å²) in [6, 6.07) is -7.90. The van der Waals surface area contributed by atoms with Crippen LogP contribution in [0.15, 0.2) is 4.99 Å². The number of nitrogens with one attached hydrogen (secondary N) is 7. The summed E-state index contributed by atoms with van der Waals surface area (Å²) in [4.78, 5) is 250. The highest BCUT2D eigenvalue weighted by molar-refractivity contribution is 7.98. The summed E-state index contributed by atoms with van der Waals surface area (Å²) in [5.41, 5.74) is 10.7. The lowest BCUT2D eigenvalue weighted by Crippen LogP contribution is -2.52. The molecule has 0 unspecified atom stereocenters. The highest BCUT2D eigenvalue weighted by Crippen LogP contribution is 2.23. The molecule has 37 heteroatoms. The average molecular weight is 1480 g/mol. The van der Waals surface area contributed by atoms with Crippen LogP contribution in [0.25, 0.3) is 0 Å². The van der Waals surface area contributed by atoms with Crippen LogP contribution in [0.2, 0.25) is 0 Å². The number of rotatable bonds is 57. The first-order valence-electron chi connectivity index (χ1n) is 34.0. The number of hydrogen-bond donors (Lipinski definition) is 14. The minimum absolute atomic E-state index is 0.110. The van der Waals surface area contributed by atoms with Gasteiger partial charge in [-0.15, -0.1) is 0 Å². The van der Waals surface area contributed by atoms with Gasteiger partial charge in [-0.25, -0.2) is 0 Å². The van der Waals surface area contributed by atoms with E-state index in [1.165, 1.54) is 30.6 Å². The number of carboxylic acids is 5. The topological polar surface area (TPSA) is 587 Å². The number of carbonyl (C=O) groups excluding carboxylic acids is 14. The van der Waals surface area contributed by atoms with Gasteiger partial charge >= 0.3 is 29.8 Å². The maximum Gasteiger partial charge on any atom is 0.303 e. The zero-order chi connectivity index (χ0) is 78.1. The average Bonchev–Trinajstić information content (AvgIpc) is 1.78. The lowest BCUT2D eigenvalue weighted by atomic mass is 9.89. The molecule has 1 saturated heterocycles. The fourth-order valence-corrected chi connectivity index (χ4v) is 11.7. The first-order valence-corrected chi connectivity index (χ1v) is 35.4. The summed E-state index contributed by atoms with van der Waals surface area (Å²) in [5.74, 6) is -21.9. The molecule has 10 atom stereocenters. The summed E-state index contributed by atoms with van der Waals surface area (Å²) in [6.45, 7) is 5.27. The van der Waals surface area contributed by atoms with Gasteiger partial charge in [0.1, 0.15) is 12.6 Å². The number of ketones is 6. The minimum Gasteiger partial charge on any atom is -0.481 e. The zero-order valence-corrected chi connectivity index (χ0v) is 60.0. The molecule has 1 aliphatic rings. The lowest BCUT2D eigenvalue weighted by Gasteiger charge is -2.27. The number of guanidine groups is 1. The van der Waals surface area contributed by atoms with E-state index in [-0.39, 0.29) is 88.2 Å². The Bertz CT molecular complexity index is 3030. The van der Waals surface area contributed by atoms with Crippen molar-refractivity contribution >= 4 is 130 Å². The van der Waals surface area contributed by atoms with Crippen molar-refractivity contribution in [2.45, 2.75) is 212 Å². The molecule has 0 aliphatic carbocycles. The summed E-state index contributed by atoms with van der Waals surface area (Å²) < 4.78 is 5.58. The van der Waals surface area contributed by atoms with Crippen molar-refractivity contribution in [1.82, 2.24) is 42.1 Å². The molecule has 8 amide bonds. The van der Waals surface area contributed by atoms with Crippen molar-refractivity contribution in [3.63, 3.8) is 0 Å². The maximum absolute atomic E-state index is 14.0. The van der Waals surface area contributed by atoms with E-state index < -0.39 is 262 Å². The predicted octanol–water partition coefficient (Wildman–Crippen LogP) is -0.893. The molecule has 1 rings (SSSR count). The summed E-state index contributed by atoms with van der Waals surface area (Å²) in [7, 11) is 1.43. The molecule has 1 aliphatic heterocycles. The number of amides is 8. The molecular weight excluding hydrogens is 1380 g/mol. The van der Waals surface area contributed by atoms with Crippen LogP contribution >= 0.6 is 11.8 Å². The van der Waals surface area contributed by atoms with Crippen molar-refractivity contribution in [2.24, 2.45) is 46.0 Å². The first kappa shape index (κ1) is 91.7. The van der Waals surface area contributed by atoms with Gasteiger partial charge in [-0.2, -0.15) is 11.8 Å². The van der Waals surface area contributed by atoms with Crippen LogP contribution in [0.5, 0.6) is 0 Å². The van der Waals surface area contributed by atoms with Crippen LogP contribution in [0, 0.1) is 29.6 Å². The Kier molecular flexibility index (Phi) is 43.9. The van der Waals surface area contributed by atoms with Crippen LogP contribution < -0.4 is 48.7 Å². The van der Waals surface area contributed by atoms with Crippen LogP contribution in [0.1, 0.15) is 175 Å². The normalized spacial score (nSPS) is 15.1. The first-order chi connectivity index (χ1) is 48.4. The number of aliphatic imine (C=N–C) groups is 1. The number of carboxylic acid groups (broad SMARTS) is 5. The van der Waals surface area contributed by atoms with Crippen molar-refractivity contribution in [2.75, 3.05) is 51.9 Å². The minimum atomic E-state index is -1.76. The second-order valence-corrected chi connectivity index (χ2v) is 26.6. The summed E-state index contributed by atoms with van der Waals surface area (Å²) >= 11 is 1.24. The Balaban J connectivity index is 3.08. The van der Waals surface area contributed by atoms with E-state index in [1.54, 1.807) is 20.1 Å². The van der Waals surface area contributed by atoms with Crippen LogP contribution in [-0.4, -0.2) is 236 Å². The fourth-order valence-electron chi connectivity index (χ4n) is 11.1. The molecule has 0 aromatic heterocycles. The molecule has 1 fully saturated rings. The van der Waals surface area contributed by atoms with Gasteiger partial charge in [-0.05, 0) is 82.8 Å². The number of aliphatic carboxylic acids is 5. The number of hydrogen-bond acceptors (Lipinski definition) is 22. The van der Waals surface area contributed by atoms with E-state index in [1.807, 2.05) is 0 Å².